The second-order valence-electron chi connectivity index (χ2n) is 9.47. The van der Waals surface area contributed by atoms with E-state index in [2.05, 4.69) is 48.3 Å². The number of nitrogens with zero attached hydrogens (tertiary/aromatic N) is 2. The highest BCUT2D eigenvalue weighted by Crippen LogP contribution is 2.52. The van der Waals surface area contributed by atoms with Gasteiger partial charge in [0, 0.05) is 31.7 Å². The average molecular weight is 406 g/mol. The topological polar surface area (TPSA) is 52.7 Å². The van der Waals surface area contributed by atoms with Crippen LogP contribution in [0.2, 0.25) is 0 Å². The zero-order valence-electron chi connectivity index (χ0n) is 17.5. The molecular weight excluding hydrogens is 370 g/mol. The van der Waals surface area contributed by atoms with Crippen molar-refractivity contribution in [3.05, 3.63) is 35.4 Å². The predicted octanol–water partition coefficient (Wildman–Crippen LogP) is 2.96. The highest BCUT2D eigenvalue weighted by molar-refractivity contribution is 7.88. The van der Waals surface area contributed by atoms with Gasteiger partial charge in [-0.15, -0.1) is 0 Å². The molecule has 0 amide bonds. The SMILES string of the molecule is CC(C)c1ccccc1C1CN(S(C)(=O)=O)CCN1C1CC2(CCNCC2)C1. The summed E-state index contributed by atoms with van der Waals surface area (Å²) in [5.41, 5.74) is 3.20. The van der Waals surface area contributed by atoms with Crippen molar-refractivity contribution in [2.45, 2.75) is 57.5 Å². The molecule has 4 rings (SSSR count). The molecule has 1 spiro atoms. The fourth-order valence-electron chi connectivity index (χ4n) is 5.67. The van der Waals surface area contributed by atoms with Gasteiger partial charge in [0.2, 0.25) is 10.0 Å². The highest BCUT2D eigenvalue weighted by atomic mass is 32.2. The van der Waals surface area contributed by atoms with E-state index in [0.717, 1.165) is 19.6 Å². The summed E-state index contributed by atoms with van der Waals surface area (Å²) in [7, 11) is -3.17. The van der Waals surface area contributed by atoms with Crippen molar-refractivity contribution in [1.82, 2.24) is 14.5 Å². The largest absolute Gasteiger partial charge is 0.317 e. The van der Waals surface area contributed by atoms with Crippen molar-refractivity contribution in [2.24, 2.45) is 5.41 Å². The van der Waals surface area contributed by atoms with Crippen LogP contribution in [0.25, 0.3) is 0 Å². The van der Waals surface area contributed by atoms with E-state index in [1.165, 1.54) is 43.1 Å². The quantitative estimate of drug-likeness (QED) is 0.837. The maximum absolute atomic E-state index is 12.3. The second kappa shape index (κ2) is 7.71. The Kier molecular flexibility index (Phi) is 5.60. The molecule has 2 saturated heterocycles. The van der Waals surface area contributed by atoms with Crippen molar-refractivity contribution in [3.63, 3.8) is 0 Å². The zero-order chi connectivity index (χ0) is 19.9. The van der Waals surface area contributed by atoms with Gasteiger partial charge < -0.3 is 5.32 Å². The number of hydrogen-bond donors (Lipinski definition) is 1. The molecule has 2 heterocycles. The summed E-state index contributed by atoms with van der Waals surface area (Å²) >= 11 is 0. The Labute approximate surface area is 170 Å². The van der Waals surface area contributed by atoms with Crippen LogP contribution < -0.4 is 5.32 Å². The lowest BCUT2D eigenvalue weighted by Crippen LogP contribution is -2.60. The van der Waals surface area contributed by atoms with Gasteiger partial charge in [-0.2, -0.15) is 4.31 Å². The molecule has 3 fully saturated rings. The van der Waals surface area contributed by atoms with Crippen molar-refractivity contribution in [2.75, 3.05) is 39.0 Å². The highest BCUT2D eigenvalue weighted by Gasteiger charge is 2.49. The Morgan fingerprint density at radius 2 is 1.79 bits per heavy atom. The molecule has 3 aliphatic rings. The molecule has 156 valence electrons. The summed E-state index contributed by atoms with van der Waals surface area (Å²) in [6.07, 6.45) is 6.48. The van der Waals surface area contributed by atoms with E-state index in [1.54, 1.807) is 4.31 Å². The van der Waals surface area contributed by atoms with Crippen LogP contribution >= 0.6 is 0 Å². The van der Waals surface area contributed by atoms with Gasteiger partial charge in [-0.3, -0.25) is 4.90 Å². The van der Waals surface area contributed by atoms with Gasteiger partial charge >= 0.3 is 0 Å². The number of benzene rings is 1. The number of hydrogen-bond acceptors (Lipinski definition) is 4. The Morgan fingerprint density at radius 1 is 1.11 bits per heavy atom. The lowest BCUT2D eigenvalue weighted by atomic mass is 9.60. The molecule has 0 bridgehead atoms. The van der Waals surface area contributed by atoms with Crippen molar-refractivity contribution >= 4 is 10.0 Å². The van der Waals surface area contributed by atoms with Crippen molar-refractivity contribution in [3.8, 4) is 0 Å². The number of sulfonamides is 1. The Balaban J connectivity index is 1.60. The monoisotopic (exact) mass is 405 g/mol. The van der Waals surface area contributed by atoms with E-state index in [4.69, 9.17) is 0 Å². The van der Waals surface area contributed by atoms with Crippen LogP contribution in [0.4, 0.5) is 0 Å². The minimum atomic E-state index is -3.17. The number of piperazine rings is 1. The molecule has 6 heteroatoms. The van der Waals surface area contributed by atoms with Crippen molar-refractivity contribution in [1.29, 1.82) is 0 Å². The Morgan fingerprint density at radius 3 is 2.43 bits per heavy atom. The maximum atomic E-state index is 12.3. The van der Waals surface area contributed by atoms with E-state index in [1.807, 2.05) is 0 Å². The lowest BCUT2D eigenvalue weighted by molar-refractivity contribution is -0.0548. The van der Waals surface area contributed by atoms with Crippen molar-refractivity contribution < 1.29 is 8.42 Å². The summed E-state index contributed by atoms with van der Waals surface area (Å²) in [4.78, 5) is 2.64. The summed E-state index contributed by atoms with van der Waals surface area (Å²) in [6, 6.07) is 9.39. The van der Waals surface area contributed by atoms with E-state index in [0.29, 0.717) is 30.5 Å². The Hall–Kier alpha value is -0.950. The first-order chi connectivity index (χ1) is 13.3. The van der Waals surface area contributed by atoms with Crippen LogP contribution in [0.15, 0.2) is 24.3 Å². The van der Waals surface area contributed by atoms with E-state index >= 15 is 0 Å². The third-order valence-corrected chi connectivity index (χ3v) is 8.57. The summed E-state index contributed by atoms with van der Waals surface area (Å²) in [5.74, 6) is 0.434. The molecule has 1 aromatic rings. The van der Waals surface area contributed by atoms with Crippen LogP contribution in [0.5, 0.6) is 0 Å². The van der Waals surface area contributed by atoms with Gasteiger partial charge in [-0.25, -0.2) is 8.42 Å². The first-order valence-corrected chi connectivity index (χ1v) is 12.6. The van der Waals surface area contributed by atoms with Gasteiger partial charge in [0.15, 0.2) is 0 Å². The van der Waals surface area contributed by atoms with Crippen LogP contribution in [-0.2, 0) is 10.0 Å². The molecular formula is C22H35N3O2S. The molecule has 5 nitrogen and oxygen atoms in total. The first-order valence-electron chi connectivity index (χ1n) is 10.8. The fraction of sp³-hybridized carbons (Fsp3) is 0.727. The minimum Gasteiger partial charge on any atom is -0.317 e. The standard InChI is InChI=1S/C22H35N3O2S/c1-17(2)19-6-4-5-7-20(19)21-16-24(28(3,26)27)12-13-25(21)18-14-22(15-18)8-10-23-11-9-22/h4-7,17-18,21,23H,8-16H2,1-3H3. The van der Waals surface area contributed by atoms with Crippen LogP contribution in [0.1, 0.15) is 62.6 Å². The van der Waals surface area contributed by atoms with E-state index in [-0.39, 0.29) is 6.04 Å². The van der Waals surface area contributed by atoms with E-state index in [9.17, 15) is 8.42 Å². The van der Waals surface area contributed by atoms with Crippen LogP contribution in [0, 0.1) is 5.41 Å². The predicted molar refractivity (Wildman–Crippen MR) is 114 cm³/mol. The fourth-order valence-corrected chi connectivity index (χ4v) is 6.49. The van der Waals surface area contributed by atoms with Crippen LogP contribution in [-0.4, -0.2) is 62.6 Å². The summed E-state index contributed by atoms with van der Waals surface area (Å²) in [6.45, 7) is 8.78. The Bertz CT molecular complexity index is 794. The number of piperidine rings is 1. The summed E-state index contributed by atoms with van der Waals surface area (Å²) < 4.78 is 26.3. The zero-order valence-corrected chi connectivity index (χ0v) is 18.3. The molecule has 0 radical (unpaired) electrons. The second-order valence-corrected chi connectivity index (χ2v) is 11.5. The third-order valence-electron chi connectivity index (χ3n) is 7.30. The molecule has 0 aromatic heterocycles. The molecule has 1 N–H and O–H groups in total. The van der Waals surface area contributed by atoms with Gasteiger partial charge in [0.05, 0.1) is 6.26 Å². The van der Waals surface area contributed by atoms with Gasteiger partial charge in [0.1, 0.15) is 0 Å². The average Bonchev–Trinajstić information content (AvgIpc) is 2.65. The molecule has 1 unspecified atom stereocenters. The van der Waals surface area contributed by atoms with Gasteiger partial charge in [-0.1, -0.05) is 38.1 Å². The molecule has 1 aromatic carbocycles. The normalized spacial score (nSPS) is 27.2. The molecule has 1 atom stereocenters. The van der Waals surface area contributed by atoms with E-state index < -0.39 is 10.0 Å². The van der Waals surface area contributed by atoms with Gasteiger partial charge in [-0.05, 0) is 61.2 Å². The lowest BCUT2D eigenvalue weighted by Gasteiger charge is -2.57. The van der Waals surface area contributed by atoms with Crippen LogP contribution in [0.3, 0.4) is 0 Å². The molecule has 2 aliphatic heterocycles. The third kappa shape index (κ3) is 3.89. The first kappa shape index (κ1) is 20.3. The smallest absolute Gasteiger partial charge is 0.211 e. The van der Waals surface area contributed by atoms with Gasteiger partial charge in [0.25, 0.3) is 0 Å². The maximum Gasteiger partial charge on any atom is 0.211 e. The number of rotatable bonds is 4. The number of nitrogens with one attached hydrogen (secondary N) is 1. The molecule has 1 aliphatic carbocycles. The summed E-state index contributed by atoms with van der Waals surface area (Å²) in [5, 5.41) is 3.49. The molecule has 28 heavy (non-hydrogen) atoms. The minimum absolute atomic E-state index is 0.158. The molecule has 1 saturated carbocycles.